The van der Waals surface area contributed by atoms with Crippen LogP contribution in [0.3, 0.4) is 0 Å². The molecule has 0 spiro atoms. The van der Waals surface area contributed by atoms with Crippen molar-refractivity contribution in [2.45, 2.75) is 32.9 Å². The number of carbonyl (C=O) groups excluding carboxylic acids is 1. The molecule has 0 aromatic carbocycles. The number of hydrogen-bond acceptors (Lipinski definition) is 5. The van der Waals surface area contributed by atoms with Crippen molar-refractivity contribution in [3.8, 4) is 0 Å². The molecule has 0 aliphatic heterocycles. The Bertz CT molecular complexity index is 370. The normalized spacial score (nSPS) is 14.4. The van der Waals surface area contributed by atoms with Crippen LogP contribution in [0.25, 0.3) is 0 Å². The lowest BCUT2D eigenvalue weighted by Crippen LogP contribution is -2.42. The van der Waals surface area contributed by atoms with Crippen LogP contribution in [0.1, 0.15) is 25.3 Å². The smallest absolute Gasteiger partial charge is 0.323 e. The van der Waals surface area contributed by atoms with Gasteiger partial charge in [0.25, 0.3) is 0 Å². The molecule has 2 unspecified atom stereocenters. The molecule has 0 aliphatic carbocycles. The zero-order valence-electron chi connectivity index (χ0n) is 10.2. The van der Waals surface area contributed by atoms with Crippen LogP contribution in [0.15, 0.2) is 6.20 Å². The van der Waals surface area contributed by atoms with Crippen molar-refractivity contribution in [3.63, 3.8) is 0 Å². The molecule has 6 heteroatoms. The standard InChI is InChI=1S/C11H17ClN2O2S/c1-4-7(2)10(11(15)16-3)14-6-9-13-5-8(12)17-9/h5,7,10,14H,4,6H2,1-3H3. The molecule has 1 heterocycles. The second kappa shape index (κ2) is 6.93. The summed E-state index contributed by atoms with van der Waals surface area (Å²) >= 11 is 7.20. The second-order valence-electron chi connectivity index (χ2n) is 3.83. The van der Waals surface area contributed by atoms with Gasteiger partial charge in [-0.2, -0.15) is 0 Å². The lowest BCUT2D eigenvalue weighted by atomic mass is 9.99. The highest BCUT2D eigenvalue weighted by atomic mass is 35.5. The van der Waals surface area contributed by atoms with Crippen LogP contribution in [0.5, 0.6) is 0 Å². The van der Waals surface area contributed by atoms with E-state index in [-0.39, 0.29) is 17.9 Å². The molecule has 96 valence electrons. The molecule has 17 heavy (non-hydrogen) atoms. The Morgan fingerprint density at radius 3 is 2.88 bits per heavy atom. The van der Waals surface area contributed by atoms with Gasteiger partial charge in [0.15, 0.2) is 0 Å². The molecule has 4 nitrogen and oxygen atoms in total. The number of hydrogen-bond donors (Lipinski definition) is 1. The molecule has 1 aromatic rings. The highest BCUT2D eigenvalue weighted by Gasteiger charge is 2.24. The summed E-state index contributed by atoms with van der Waals surface area (Å²) in [4.78, 5) is 15.7. The molecule has 0 saturated carbocycles. The fraction of sp³-hybridized carbons (Fsp3) is 0.636. The van der Waals surface area contributed by atoms with E-state index < -0.39 is 0 Å². The lowest BCUT2D eigenvalue weighted by molar-refractivity contribution is -0.144. The monoisotopic (exact) mass is 276 g/mol. The number of nitrogens with zero attached hydrogens (tertiary/aromatic N) is 1. The number of ether oxygens (including phenoxy) is 1. The van der Waals surface area contributed by atoms with E-state index in [1.165, 1.54) is 18.4 Å². The Kier molecular flexibility index (Phi) is 5.88. The lowest BCUT2D eigenvalue weighted by Gasteiger charge is -2.21. The highest BCUT2D eigenvalue weighted by Crippen LogP contribution is 2.18. The van der Waals surface area contributed by atoms with Crippen molar-refractivity contribution in [2.75, 3.05) is 7.11 Å². The predicted octanol–water partition coefficient (Wildman–Crippen LogP) is 2.47. The number of aromatic nitrogens is 1. The molecule has 0 aliphatic rings. The maximum Gasteiger partial charge on any atom is 0.323 e. The number of rotatable bonds is 6. The van der Waals surface area contributed by atoms with E-state index in [1.807, 2.05) is 13.8 Å². The number of halogens is 1. The zero-order valence-corrected chi connectivity index (χ0v) is 11.8. The van der Waals surface area contributed by atoms with Gasteiger partial charge in [0.05, 0.1) is 13.3 Å². The summed E-state index contributed by atoms with van der Waals surface area (Å²) in [7, 11) is 1.40. The van der Waals surface area contributed by atoms with Crippen LogP contribution in [-0.2, 0) is 16.1 Å². The topological polar surface area (TPSA) is 51.2 Å². The number of methoxy groups -OCH3 is 1. The van der Waals surface area contributed by atoms with Gasteiger partial charge in [0.2, 0.25) is 0 Å². The number of thiazole rings is 1. The third kappa shape index (κ3) is 4.26. The number of nitrogens with one attached hydrogen (secondary N) is 1. The summed E-state index contributed by atoms with van der Waals surface area (Å²) in [5.41, 5.74) is 0. The first kappa shape index (κ1) is 14.4. The van der Waals surface area contributed by atoms with Crippen LogP contribution >= 0.6 is 22.9 Å². The van der Waals surface area contributed by atoms with Crippen molar-refractivity contribution >= 4 is 28.9 Å². The van der Waals surface area contributed by atoms with Gasteiger partial charge in [0.1, 0.15) is 15.4 Å². The number of carbonyl (C=O) groups is 1. The molecular formula is C11H17ClN2O2S. The van der Waals surface area contributed by atoms with Crippen LogP contribution in [0.4, 0.5) is 0 Å². The Balaban J connectivity index is 2.57. The molecule has 1 N–H and O–H groups in total. The fourth-order valence-electron chi connectivity index (χ4n) is 1.45. The molecule has 2 atom stereocenters. The van der Waals surface area contributed by atoms with E-state index in [4.69, 9.17) is 16.3 Å². The molecule has 1 rings (SSSR count). The van der Waals surface area contributed by atoms with Crippen molar-refractivity contribution in [3.05, 3.63) is 15.5 Å². The van der Waals surface area contributed by atoms with E-state index >= 15 is 0 Å². The molecule has 0 amide bonds. The minimum atomic E-state index is -0.298. The van der Waals surface area contributed by atoms with E-state index in [1.54, 1.807) is 6.20 Å². The minimum Gasteiger partial charge on any atom is -0.468 e. The van der Waals surface area contributed by atoms with Gasteiger partial charge in [-0.05, 0) is 5.92 Å². The average Bonchev–Trinajstić information content (AvgIpc) is 2.74. The molecular weight excluding hydrogens is 260 g/mol. The maximum absolute atomic E-state index is 11.6. The van der Waals surface area contributed by atoms with Gasteiger partial charge in [-0.25, -0.2) is 4.98 Å². The molecule has 0 radical (unpaired) electrons. The summed E-state index contributed by atoms with van der Waals surface area (Å²) in [5.74, 6) is -0.0140. The quantitative estimate of drug-likeness (QED) is 0.811. The summed E-state index contributed by atoms with van der Waals surface area (Å²) in [5, 5.41) is 4.03. The summed E-state index contributed by atoms with van der Waals surface area (Å²) in [6, 6.07) is -0.298. The molecule has 1 aromatic heterocycles. The maximum atomic E-state index is 11.6. The molecule has 0 saturated heterocycles. The molecule has 0 fully saturated rings. The fourth-order valence-corrected chi connectivity index (χ4v) is 2.35. The first-order valence-corrected chi connectivity index (χ1v) is 6.69. The van der Waals surface area contributed by atoms with Gasteiger partial charge >= 0.3 is 5.97 Å². The molecule has 0 bridgehead atoms. The van der Waals surface area contributed by atoms with Gasteiger partial charge in [-0.15, -0.1) is 11.3 Å². The Labute approximate surface area is 110 Å². The first-order valence-electron chi connectivity index (χ1n) is 5.49. The first-order chi connectivity index (χ1) is 8.08. The van der Waals surface area contributed by atoms with Crippen molar-refractivity contribution in [2.24, 2.45) is 5.92 Å². The van der Waals surface area contributed by atoms with Crippen LogP contribution in [0.2, 0.25) is 4.34 Å². The average molecular weight is 277 g/mol. The van der Waals surface area contributed by atoms with Crippen molar-refractivity contribution < 1.29 is 9.53 Å². The summed E-state index contributed by atoms with van der Waals surface area (Å²) < 4.78 is 5.44. The van der Waals surface area contributed by atoms with E-state index in [0.717, 1.165) is 11.4 Å². The van der Waals surface area contributed by atoms with Crippen molar-refractivity contribution in [1.29, 1.82) is 0 Å². The Hall–Kier alpha value is -0.650. The van der Waals surface area contributed by atoms with Crippen LogP contribution < -0.4 is 5.32 Å². The van der Waals surface area contributed by atoms with Crippen molar-refractivity contribution in [1.82, 2.24) is 10.3 Å². The Morgan fingerprint density at radius 2 is 2.41 bits per heavy atom. The second-order valence-corrected chi connectivity index (χ2v) is 5.57. The van der Waals surface area contributed by atoms with Gasteiger partial charge in [-0.1, -0.05) is 31.9 Å². The summed E-state index contributed by atoms with van der Waals surface area (Å²) in [6.07, 6.45) is 2.52. The zero-order chi connectivity index (χ0) is 12.8. The van der Waals surface area contributed by atoms with Gasteiger partial charge in [-0.3, -0.25) is 10.1 Å². The number of esters is 1. The van der Waals surface area contributed by atoms with E-state index in [0.29, 0.717) is 10.9 Å². The largest absolute Gasteiger partial charge is 0.468 e. The van der Waals surface area contributed by atoms with Crippen LogP contribution in [0, 0.1) is 5.92 Å². The summed E-state index contributed by atoms with van der Waals surface area (Å²) in [6.45, 7) is 4.59. The highest BCUT2D eigenvalue weighted by molar-refractivity contribution is 7.15. The SMILES string of the molecule is CCC(C)C(NCc1ncc(Cl)s1)C(=O)OC. The van der Waals surface area contributed by atoms with E-state index in [9.17, 15) is 4.79 Å². The third-order valence-corrected chi connectivity index (χ3v) is 3.78. The van der Waals surface area contributed by atoms with Gasteiger partial charge in [0, 0.05) is 6.54 Å². The Morgan fingerprint density at radius 1 is 1.71 bits per heavy atom. The predicted molar refractivity (Wildman–Crippen MR) is 69.2 cm³/mol. The van der Waals surface area contributed by atoms with E-state index in [2.05, 4.69) is 10.3 Å². The minimum absolute atomic E-state index is 0.220. The van der Waals surface area contributed by atoms with Gasteiger partial charge < -0.3 is 4.74 Å². The van der Waals surface area contributed by atoms with Crippen LogP contribution in [-0.4, -0.2) is 24.1 Å². The third-order valence-electron chi connectivity index (χ3n) is 2.67.